The predicted molar refractivity (Wildman–Crippen MR) is 119 cm³/mol. The number of nitrogens with one attached hydrogen (secondary N) is 1. The van der Waals surface area contributed by atoms with Gasteiger partial charge in [-0.3, -0.25) is 4.90 Å². The highest BCUT2D eigenvalue weighted by Crippen LogP contribution is 2.28. The van der Waals surface area contributed by atoms with Crippen molar-refractivity contribution in [3.8, 4) is 11.5 Å². The number of ether oxygens (including phenoxy) is 2. The summed E-state index contributed by atoms with van der Waals surface area (Å²) in [4.78, 5) is 4.81. The van der Waals surface area contributed by atoms with Crippen molar-refractivity contribution in [2.24, 2.45) is 0 Å². The lowest BCUT2D eigenvalue weighted by Gasteiger charge is -2.36. The molecule has 0 amide bonds. The van der Waals surface area contributed by atoms with Gasteiger partial charge in [0.2, 0.25) is 10.0 Å². The molecule has 1 aliphatic heterocycles. The van der Waals surface area contributed by atoms with Crippen LogP contribution in [0.5, 0.6) is 11.5 Å². The summed E-state index contributed by atoms with van der Waals surface area (Å²) < 4.78 is 38.1. The van der Waals surface area contributed by atoms with Gasteiger partial charge in [0.15, 0.2) is 0 Å². The van der Waals surface area contributed by atoms with Crippen LogP contribution in [0.15, 0.2) is 47.4 Å². The number of sulfonamides is 1. The first kappa shape index (κ1) is 22.7. The fraction of sp³-hybridized carbons (Fsp3) is 0.429. The highest BCUT2D eigenvalue weighted by Gasteiger charge is 2.20. The lowest BCUT2D eigenvalue weighted by atomic mass is 10.2. The fourth-order valence-corrected chi connectivity index (χ4v) is 4.93. The second-order valence-electron chi connectivity index (χ2n) is 7.05. The van der Waals surface area contributed by atoms with E-state index in [9.17, 15) is 8.42 Å². The molecule has 1 N–H and O–H groups in total. The maximum Gasteiger partial charge on any atom is 0.240 e. The van der Waals surface area contributed by atoms with Crippen molar-refractivity contribution < 1.29 is 17.9 Å². The molecule has 9 heteroatoms. The highest BCUT2D eigenvalue weighted by molar-refractivity contribution is 7.89. The molecule has 1 aliphatic rings. The summed E-state index contributed by atoms with van der Waals surface area (Å²) in [5.41, 5.74) is 1.12. The van der Waals surface area contributed by atoms with Gasteiger partial charge in [0, 0.05) is 32.7 Å². The summed E-state index contributed by atoms with van der Waals surface area (Å²) in [5, 5.41) is 0.272. The number of methoxy groups -OCH3 is 2. The van der Waals surface area contributed by atoms with E-state index in [0.29, 0.717) is 12.3 Å². The molecule has 2 aromatic rings. The first-order valence-corrected chi connectivity index (χ1v) is 11.7. The van der Waals surface area contributed by atoms with E-state index < -0.39 is 10.0 Å². The fourth-order valence-electron chi connectivity index (χ4n) is 3.51. The van der Waals surface area contributed by atoms with Crippen molar-refractivity contribution in [1.29, 1.82) is 0 Å². The van der Waals surface area contributed by atoms with E-state index >= 15 is 0 Å². The molecule has 164 valence electrons. The maximum atomic E-state index is 12.5. The number of benzene rings is 2. The second kappa shape index (κ2) is 10.3. The summed E-state index contributed by atoms with van der Waals surface area (Å²) >= 11 is 6.04. The van der Waals surface area contributed by atoms with E-state index in [0.717, 1.165) is 50.6 Å². The van der Waals surface area contributed by atoms with Gasteiger partial charge in [0.05, 0.1) is 29.8 Å². The zero-order chi connectivity index (χ0) is 21.6. The van der Waals surface area contributed by atoms with Crippen molar-refractivity contribution in [1.82, 2.24) is 9.62 Å². The first-order valence-electron chi connectivity index (χ1n) is 9.88. The van der Waals surface area contributed by atoms with Crippen LogP contribution in [-0.4, -0.2) is 66.8 Å². The van der Waals surface area contributed by atoms with Crippen molar-refractivity contribution >= 4 is 27.3 Å². The minimum absolute atomic E-state index is 0.138. The van der Waals surface area contributed by atoms with E-state index in [2.05, 4.69) is 20.6 Å². The topological polar surface area (TPSA) is 71.1 Å². The molecule has 3 rings (SSSR count). The molecule has 0 bridgehead atoms. The Hall–Kier alpha value is -2.00. The number of para-hydroxylation sites is 2. The van der Waals surface area contributed by atoms with Gasteiger partial charge >= 0.3 is 0 Å². The third kappa shape index (κ3) is 5.57. The summed E-state index contributed by atoms with van der Waals surface area (Å²) in [5.74, 6) is 1.34. The zero-order valence-electron chi connectivity index (χ0n) is 17.3. The van der Waals surface area contributed by atoms with Crippen LogP contribution in [0, 0.1) is 0 Å². The maximum absolute atomic E-state index is 12.5. The standard InChI is InChI=1S/C21H28ClN3O4S/c1-28-20-9-8-17(16-18(20)22)30(26,27)23-10-5-11-24-12-14-25(15-13-24)19-6-3-4-7-21(19)29-2/h3-4,6-9,16,23H,5,10-15H2,1-2H3. The van der Waals surface area contributed by atoms with E-state index in [4.69, 9.17) is 21.1 Å². The van der Waals surface area contributed by atoms with E-state index in [-0.39, 0.29) is 9.92 Å². The lowest BCUT2D eigenvalue weighted by molar-refractivity contribution is 0.254. The molecule has 1 fully saturated rings. The molecule has 0 spiro atoms. The Labute approximate surface area is 183 Å². The molecule has 0 radical (unpaired) electrons. The Morgan fingerprint density at radius 1 is 1.00 bits per heavy atom. The normalized spacial score (nSPS) is 15.2. The van der Waals surface area contributed by atoms with Crippen molar-refractivity contribution in [2.45, 2.75) is 11.3 Å². The van der Waals surface area contributed by atoms with Gasteiger partial charge in [-0.1, -0.05) is 23.7 Å². The minimum Gasteiger partial charge on any atom is -0.495 e. The van der Waals surface area contributed by atoms with Crippen LogP contribution in [0.4, 0.5) is 5.69 Å². The number of hydrogen-bond acceptors (Lipinski definition) is 6. The van der Waals surface area contributed by atoms with Crippen LogP contribution in [-0.2, 0) is 10.0 Å². The molecule has 0 aromatic heterocycles. The van der Waals surface area contributed by atoms with Crippen LogP contribution in [0.2, 0.25) is 5.02 Å². The number of hydrogen-bond donors (Lipinski definition) is 1. The summed E-state index contributed by atoms with van der Waals surface area (Å²) in [6.45, 7) is 4.90. The average Bonchev–Trinajstić information content (AvgIpc) is 2.77. The molecule has 7 nitrogen and oxygen atoms in total. The molecular weight excluding hydrogens is 426 g/mol. The van der Waals surface area contributed by atoms with Crippen molar-refractivity contribution in [3.05, 3.63) is 47.5 Å². The highest BCUT2D eigenvalue weighted by atomic mass is 35.5. The van der Waals surface area contributed by atoms with Crippen molar-refractivity contribution in [2.75, 3.05) is 58.4 Å². The third-order valence-corrected chi connectivity index (χ3v) is 6.93. The van der Waals surface area contributed by atoms with E-state index in [1.165, 1.54) is 19.2 Å². The van der Waals surface area contributed by atoms with Gasteiger partial charge in [-0.05, 0) is 43.3 Å². The Balaban J connectivity index is 1.44. The summed E-state index contributed by atoms with van der Waals surface area (Å²) in [6, 6.07) is 12.5. The van der Waals surface area contributed by atoms with Gasteiger partial charge in [0.25, 0.3) is 0 Å². The molecule has 1 heterocycles. The number of nitrogens with zero attached hydrogens (tertiary/aromatic N) is 2. The summed E-state index contributed by atoms with van der Waals surface area (Å²) in [6.07, 6.45) is 0.734. The number of anilines is 1. The van der Waals surface area contributed by atoms with Crippen LogP contribution in [0.1, 0.15) is 6.42 Å². The molecule has 2 aromatic carbocycles. The second-order valence-corrected chi connectivity index (χ2v) is 9.22. The van der Waals surface area contributed by atoms with E-state index in [1.54, 1.807) is 13.2 Å². The molecule has 1 saturated heterocycles. The number of halogens is 1. The lowest BCUT2D eigenvalue weighted by Crippen LogP contribution is -2.47. The first-order chi connectivity index (χ1) is 14.4. The van der Waals surface area contributed by atoms with Crippen molar-refractivity contribution in [3.63, 3.8) is 0 Å². The van der Waals surface area contributed by atoms with Crippen LogP contribution in [0.25, 0.3) is 0 Å². The largest absolute Gasteiger partial charge is 0.495 e. The SMILES string of the molecule is COc1ccc(S(=O)(=O)NCCCN2CCN(c3ccccc3OC)CC2)cc1Cl. The number of rotatable bonds is 9. The monoisotopic (exact) mass is 453 g/mol. The van der Waals surface area contributed by atoms with Crippen LogP contribution in [0.3, 0.4) is 0 Å². The van der Waals surface area contributed by atoms with E-state index in [1.807, 2.05) is 18.2 Å². The average molecular weight is 454 g/mol. The van der Waals surface area contributed by atoms with Gasteiger partial charge in [0.1, 0.15) is 11.5 Å². The Bertz CT molecular complexity index is 947. The molecule has 0 aliphatic carbocycles. The Kier molecular flexibility index (Phi) is 7.82. The molecule has 0 saturated carbocycles. The van der Waals surface area contributed by atoms with Gasteiger partial charge in [-0.25, -0.2) is 13.1 Å². The van der Waals surface area contributed by atoms with Gasteiger partial charge in [-0.2, -0.15) is 0 Å². The predicted octanol–water partition coefficient (Wildman–Crippen LogP) is 2.85. The van der Waals surface area contributed by atoms with Crippen LogP contribution >= 0.6 is 11.6 Å². The third-order valence-electron chi connectivity index (χ3n) is 5.17. The Morgan fingerprint density at radius 2 is 1.70 bits per heavy atom. The molecular formula is C21H28ClN3O4S. The van der Waals surface area contributed by atoms with Gasteiger partial charge in [-0.15, -0.1) is 0 Å². The molecule has 30 heavy (non-hydrogen) atoms. The Morgan fingerprint density at radius 3 is 2.37 bits per heavy atom. The van der Waals surface area contributed by atoms with Gasteiger partial charge < -0.3 is 14.4 Å². The zero-order valence-corrected chi connectivity index (χ0v) is 18.9. The minimum atomic E-state index is -3.59. The van der Waals surface area contributed by atoms with Crippen LogP contribution < -0.4 is 19.1 Å². The molecule has 0 unspecified atom stereocenters. The quantitative estimate of drug-likeness (QED) is 0.589. The summed E-state index contributed by atoms with van der Waals surface area (Å²) in [7, 11) is -0.413. The molecule has 0 atom stereocenters. The smallest absolute Gasteiger partial charge is 0.240 e. The number of piperazine rings is 1.